The molecular formula is C11H14N2O3S. The van der Waals surface area contributed by atoms with E-state index in [0.29, 0.717) is 5.69 Å². The first-order chi connectivity index (χ1) is 7.91. The molecule has 0 aromatic carbocycles. The molecule has 0 unspecified atom stereocenters. The van der Waals surface area contributed by atoms with Crippen LogP contribution >= 0.6 is 0 Å². The highest BCUT2D eigenvalue weighted by molar-refractivity contribution is 7.91. The van der Waals surface area contributed by atoms with Crippen LogP contribution in [0, 0.1) is 18.3 Å². The van der Waals surface area contributed by atoms with Crippen LogP contribution in [-0.4, -0.2) is 24.5 Å². The monoisotopic (exact) mass is 254 g/mol. The average Bonchev–Trinajstić information content (AvgIpc) is 2.29. The predicted octanol–water partition coefficient (Wildman–Crippen LogP) is 0.463. The zero-order valence-electron chi connectivity index (χ0n) is 9.80. The predicted molar refractivity (Wildman–Crippen MR) is 64.5 cm³/mol. The summed E-state index contributed by atoms with van der Waals surface area (Å²) in [7, 11) is -3.11. The zero-order valence-corrected chi connectivity index (χ0v) is 10.6. The second-order valence-electron chi connectivity index (χ2n) is 3.69. The van der Waals surface area contributed by atoms with Crippen LogP contribution in [0.5, 0.6) is 0 Å². The fourth-order valence-electron chi connectivity index (χ4n) is 1.41. The van der Waals surface area contributed by atoms with E-state index in [9.17, 15) is 13.2 Å². The second-order valence-corrected chi connectivity index (χ2v) is 6.17. The van der Waals surface area contributed by atoms with Gasteiger partial charge in [0.05, 0.1) is 5.75 Å². The van der Waals surface area contributed by atoms with Crippen LogP contribution in [0.1, 0.15) is 18.2 Å². The van der Waals surface area contributed by atoms with Gasteiger partial charge in [0.1, 0.15) is 11.6 Å². The van der Waals surface area contributed by atoms with Crippen molar-refractivity contribution in [2.45, 2.75) is 20.4 Å². The molecule has 6 heteroatoms. The molecule has 0 fully saturated rings. The normalized spacial score (nSPS) is 11.1. The number of nitriles is 1. The number of aromatic nitrogens is 1. The van der Waals surface area contributed by atoms with Gasteiger partial charge in [0.15, 0.2) is 9.84 Å². The molecule has 0 radical (unpaired) electrons. The Morgan fingerprint density at radius 2 is 2.06 bits per heavy atom. The van der Waals surface area contributed by atoms with Crippen molar-refractivity contribution in [2.24, 2.45) is 0 Å². The van der Waals surface area contributed by atoms with Gasteiger partial charge in [0.25, 0.3) is 5.56 Å². The maximum absolute atomic E-state index is 11.8. The number of hydrogen-bond donors (Lipinski definition) is 0. The van der Waals surface area contributed by atoms with Crippen molar-refractivity contribution in [3.05, 3.63) is 33.7 Å². The molecule has 0 aliphatic rings. The Hall–Kier alpha value is -1.61. The molecule has 5 nitrogen and oxygen atoms in total. The summed E-state index contributed by atoms with van der Waals surface area (Å²) >= 11 is 0. The highest BCUT2D eigenvalue weighted by atomic mass is 32.2. The van der Waals surface area contributed by atoms with Crippen LogP contribution in [0.25, 0.3) is 0 Å². The van der Waals surface area contributed by atoms with Gasteiger partial charge < -0.3 is 4.57 Å². The minimum absolute atomic E-state index is 0.0319. The maximum Gasteiger partial charge on any atom is 0.268 e. The maximum atomic E-state index is 11.8. The summed E-state index contributed by atoms with van der Waals surface area (Å²) in [4.78, 5) is 11.8. The summed E-state index contributed by atoms with van der Waals surface area (Å²) in [5.74, 6) is -0.0299. The third-order valence-electron chi connectivity index (χ3n) is 2.58. The van der Waals surface area contributed by atoms with E-state index < -0.39 is 15.4 Å². The average molecular weight is 254 g/mol. The first-order valence-electron chi connectivity index (χ1n) is 5.22. The molecule has 0 amide bonds. The van der Waals surface area contributed by atoms with Crippen molar-refractivity contribution in [2.75, 3.05) is 11.5 Å². The minimum atomic E-state index is -3.11. The lowest BCUT2D eigenvalue weighted by Gasteiger charge is -2.09. The van der Waals surface area contributed by atoms with Gasteiger partial charge in [-0.1, -0.05) is 6.92 Å². The molecule has 0 atom stereocenters. The zero-order chi connectivity index (χ0) is 13.1. The Morgan fingerprint density at radius 1 is 1.41 bits per heavy atom. The van der Waals surface area contributed by atoms with Gasteiger partial charge in [-0.15, -0.1) is 0 Å². The van der Waals surface area contributed by atoms with E-state index in [-0.39, 0.29) is 23.6 Å². The Bertz CT molecular complexity index is 609. The lowest BCUT2D eigenvalue weighted by molar-refractivity contribution is 0.586. The number of sulfone groups is 1. The number of rotatable bonds is 4. The third-order valence-corrected chi connectivity index (χ3v) is 4.26. The van der Waals surface area contributed by atoms with Gasteiger partial charge in [0.2, 0.25) is 0 Å². The number of nitrogens with zero attached hydrogens (tertiary/aromatic N) is 2. The van der Waals surface area contributed by atoms with Crippen molar-refractivity contribution < 1.29 is 8.42 Å². The summed E-state index contributed by atoms with van der Waals surface area (Å²) in [6.45, 7) is 3.37. The van der Waals surface area contributed by atoms with E-state index in [4.69, 9.17) is 5.26 Å². The van der Waals surface area contributed by atoms with Crippen molar-refractivity contribution in [3.63, 3.8) is 0 Å². The van der Waals surface area contributed by atoms with Crippen molar-refractivity contribution >= 4 is 9.84 Å². The van der Waals surface area contributed by atoms with Gasteiger partial charge in [-0.3, -0.25) is 4.79 Å². The third kappa shape index (κ3) is 3.17. The highest BCUT2D eigenvalue weighted by Crippen LogP contribution is 1.99. The lowest BCUT2D eigenvalue weighted by Crippen LogP contribution is -2.28. The molecule has 1 aromatic heterocycles. The standard InChI is InChI=1S/C11H14N2O3S/c1-3-17(15,16)7-6-13-9(2)4-5-10(8-12)11(13)14/h4-5H,3,6-7H2,1-2H3. The molecular weight excluding hydrogens is 240 g/mol. The molecule has 0 spiro atoms. The van der Waals surface area contributed by atoms with Crippen LogP contribution in [-0.2, 0) is 16.4 Å². The number of aryl methyl sites for hydroxylation is 1. The Labute approximate surface area is 100 Å². The topological polar surface area (TPSA) is 79.9 Å². The Kier molecular flexibility index (Phi) is 4.07. The molecule has 0 saturated heterocycles. The smallest absolute Gasteiger partial charge is 0.268 e. The Balaban J connectivity index is 3.08. The van der Waals surface area contributed by atoms with Crippen molar-refractivity contribution in [3.8, 4) is 6.07 Å². The molecule has 0 N–H and O–H groups in total. The molecule has 0 bridgehead atoms. The highest BCUT2D eigenvalue weighted by Gasteiger charge is 2.11. The van der Waals surface area contributed by atoms with Gasteiger partial charge in [-0.2, -0.15) is 5.26 Å². The number of pyridine rings is 1. The van der Waals surface area contributed by atoms with Crippen LogP contribution in [0.3, 0.4) is 0 Å². The van der Waals surface area contributed by atoms with Gasteiger partial charge in [-0.25, -0.2) is 8.42 Å². The summed E-state index contributed by atoms with van der Waals surface area (Å²) in [6.07, 6.45) is 0. The largest absolute Gasteiger partial charge is 0.311 e. The van der Waals surface area contributed by atoms with E-state index in [2.05, 4.69) is 0 Å². The molecule has 0 aliphatic carbocycles. The summed E-state index contributed by atoms with van der Waals surface area (Å²) in [5, 5.41) is 8.73. The molecule has 1 rings (SSSR count). The van der Waals surface area contributed by atoms with E-state index in [1.165, 1.54) is 10.6 Å². The van der Waals surface area contributed by atoms with Gasteiger partial charge >= 0.3 is 0 Å². The molecule has 17 heavy (non-hydrogen) atoms. The first-order valence-corrected chi connectivity index (χ1v) is 7.04. The van der Waals surface area contributed by atoms with Crippen LogP contribution in [0.15, 0.2) is 16.9 Å². The fourth-order valence-corrected chi connectivity index (χ4v) is 2.16. The quantitative estimate of drug-likeness (QED) is 0.782. The molecule has 0 aliphatic heterocycles. The summed E-state index contributed by atoms with van der Waals surface area (Å²) in [6, 6.07) is 4.88. The van der Waals surface area contributed by atoms with E-state index in [1.807, 2.05) is 0 Å². The van der Waals surface area contributed by atoms with Gasteiger partial charge in [-0.05, 0) is 19.1 Å². The van der Waals surface area contributed by atoms with Gasteiger partial charge in [0, 0.05) is 18.0 Å². The van der Waals surface area contributed by atoms with Crippen LogP contribution < -0.4 is 5.56 Å². The number of hydrogen-bond acceptors (Lipinski definition) is 4. The summed E-state index contributed by atoms with van der Waals surface area (Å²) < 4.78 is 24.1. The second kappa shape index (κ2) is 5.15. The van der Waals surface area contributed by atoms with E-state index in [0.717, 1.165) is 0 Å². The molecule has 92 valence electrons. The molecule has 1 aromatic rings. The van der Waals surface area contributed by atoms with E-state index >= 15 is 0 Å². The fraction of sp³-hybridized carbons (Fsp3) is 0.455. The van der Waals surface area contributed by atoms with Crippen LogP contribution in [0.4, 0.5) is 0 Å². The van der Waals surface area contributed by atoms with Crippen molar-refractivity contribution in [1.29, 1.82) is 5.26 Å². The van der Waals surface area contributed by atoms with Crippen molar-refractivity contribution in [1.82, 2.24) is 4.57 Å². The lowest BCUT2D eigenvalue weighted by atomic mass is 10.2. The SMILES string of the molecule is CCS(=O)(=O)CCn1c(C)ccc(C#N)c1=O. The molecule has 1 heterocycles. The van der Waals surface area contributed by atoms with Crippen LogP contribution in [0.2, 0.25) is 0 Å². The summed E-state index contributed by atoms with van der Waals surface area (Å²) in [5.41, 5.74) is 0.253. The van der Waals surface area contributed by atoms with E-state index in [1.54, 1.807) is 26.0 Å². The molecule has 0 saturated carbocycles. The Morgan fingerprint density at radius 3 is 2.59 bits per heavy atom. The first kappa shape index (κ1) is 13.5. The minimum Gasteiger partial charge on any atom is -0.311 e.